The normalized spacial score (nSPS) is 26.1. The molecule has 0 aromatic rings. The maximum atomic E-state index is 5.40. The van der Waals surface area contributed by atoms with Gasteiger partial charge in [0.15, 0.2) is 0 Å². The topological polar surface area (TPSA) is 24.5 Å². The van der Waals surface area contributed by atoms with Crippen LogP contribution in [0.2, 0.25) is 0 Å². The minimum atomic E-state index is 0.337. The van der Waals surface area contributed by atoms with Gasteiger partial charge in [0.2, 0.25) is 0 Å². The molecule has 0 aromatic carbocycles. The Morgan fingerprint density at radius 3 is 2.56 bits per heavy atom. The van der Waals surface area contributed by atoms with Crippen LogP contribution in [0.25, 0.3) is 0 Å². The zero-order chi connectivity index (χ0) is 11.3. The monoisotopic (exact) mass is 226 g/mol. The Kier molecular flexibility index (Phi) is 4.62. The summed E-state index contributed by atoms with van der Waals surface area (Å²) in [6.45, 7) is 9.28. The van der Waals surface area contributed by atoms with Crippen molar-refractivity contribution >= 4 is 0 Å². The Labute approximate surface area is 99.5 Å². The van der Waals surface area contributed by atoms with Gasteiger partial charge in [-0.2, -0.15) is 0 Å². The third kappa shape index (κ3) is 3.72. The third-order valence-corrected chi connectivity index (χ3v) is 4.00. The summed E-state index contributed by atoms with van der Waals surface area (Å²) in [6.07, 6.45) is 6.43. The van der Waals surface area contributed by atoms with Crippen LogP contribution in [0.1, 0.15) is 39.0 Å². The molecule has 2 aliphatic rings. The maximum absolute atomic E-state index is 5.40. The largest absolute Gasteiger partial charge is 0.381 e. The van der Waals surface area contributed by atoms with Gasteiger partial charge in [0.25, 0.3) is 0 Å². The summed E-state index contributed by atoms with van der Waals surface area (Å²) in [5, 5.41) is 3.72. The molecule has 3 nitrogen and oxygen atoms in total. The molecule has 1 N–H and O–H groups in total. The van der Waals surface area contributed by atoms with Crippen molar-refractivity contribution in [1.82, 2.24) is 10.2 Å². The molecule has 2 fully saturated rings. The molecule has 0 atom stereocenters. The molecule has 2 rings (SSSR count). The van der Waals surface area contributed by atoms with Gasteiger partial charge >= 0.3 is 0 Å². The summed E-state index contributed by atoms with van der Waals surface area (Å²) in [6, 6.07) is 0. The Morgan fingerprint density at radius 2 is 1.88 bits per heavy atom. The molecule has 0 amide bonds. The molecular weight excluding hydrogens is 200 g/mol. The van der Waals surface area contributed by atoms with Crippen molar-refractivity contribution in [2.24, 2.45) is 0 Å². The highest BCUT2D eigenvalue weighted by molar-refractivity contribution is 4.85. The van der Waals surface area contributed by atoms with Gasteiger partial charge in [0.1, 0.15) is 0 Å². The summed E-state index contributed by atoms with van der Waals surface area (Å²) in [5.41, 5.74) is 0.337. The minimum Gasteiger partial charge on any atom is -0.381 e. The van der Waals surface area contributed by atoms with Gasteiger partial charge in [-0.15, -0.1) is 0 Å². The van der Waals surface area contributed by atoms with Gasteiger partial charge < -0.3 is 15.0 Å². The van der Waals surface area contributed by atoms with Crippen LogP contribution in [0.5, 0.6) is 0 Å². The molecule has 2 aliphatic heterocycles. The average molecular weight is 226 g/mol. The van der Waals surface area contributed by atoms with Crippen molar-refractivity contribution in [3.05, 3.63) is 0 Å². The molecule has 0 aliphatic carbocycles. The average Bonchev–Trinajstić information content (AvgIpc) is 2.78. The molecule has 94 valence electrons. The smallest absolute Gasteiger partial charge is 0.0483 e. The van der Waals surface area contributed by atoms with Crippen molar-refractivity contribution in [1.29, 1.82) is 0 Å². The highest BCUT2D eigenvalue weighted by atomic mass is 16.5. The predicted molar refractivity (Wildman–Crippen MR) is 66.8 cm³/mol. The molecule has 0 aromatic heterocycles. The molecule has 3 heteroatoms. The van der Waals surface area contributed by atoms with Gasteiger partial charge in [-0.1, -0.05) is 0 Å². The van der Waals surface area contributed by atoms with Gasteiger partial charge in [0.05, 0.1) is 0 Å². The van der Waals surface area contributed by atoms with Crippen molar-refractivity contribution in [3.8, 4) is 0 Å². The van der Waals surface area contributed by atoms with E-state index in [-0.39, 0.29) is 0 Å². The molecule has 0 bridgehead atoms. The fourth-order valence-corrected chi connectivity index (χ4v) is 2.70. The lowest BCUT2D eigenvalue weighted by molar-refractivity contribution is 0.0451. The van der Waals surface area contributed by atoms with E-state index in [9.17, 15) is 0 Å². The van der Waals surface area contributed by atoms with Crippen LogP contribution in [-0.2, 0) is 4.74 Å². The van der Waals surface area contributed by atoms with Gasteiger partial charge in [-0.3, -0.25) is 0 Å². The van der Waals surface area contributed by atoms with Crippen molar-refractivity contribution in [3.63, 3.8) is 0 Å². The fourth-order valence-electron chi connectivity index (χ4n) is 2.70. The molecule has 0 unspecified atom stereocenters. The van der Waals surface area contributed by atoms with Crippen LogP contribution in [0, 0.1) is 0 Å². The maximum Gasteiger partial charge on any atom is 0.0483 e. The number of hydrogen-bond acceptors (Lipinski definition) is 3. The van der Waals surface area contributed by atoms with Crippen LogP contribution in [0.15, 0.2) is 0 Å². The zero-order valence-corrected chi connectivity index (χ0v) is 10.6. The summed E-state index contributed by atoms with van der Waals surface area (Å²) in [5.74, 6) is 0. The minimum absolute atomic E-state index is 0.337. The Morgan fingerprint density at radius 1 is 1.19 bits per heavy atom. The highest BCUT2D eigenvalue weighted by Crippen LogP contribution is 2.19. The Balaban J connectivity index is 1.56. The first-order valence-corrected chi connectivity index (χ1v) is 6.84. The van der Waals surface area contributed by atoms with E-state index < -0.39 is 0 Å². The van der Waals surface area contributed by atoms with Crippen molar-refractivity contribution < 1.29 is 4.74 Å². The molecule has 2 heterocycles. The number of ether oxygens (including phenoxy) is 1. The Hall–Kier alpha value is -0.120. The third-order valence-electron chi connectivity index (χ3n) is 4.00. The first-order valence-electron chi connectivity index (χ1n) is 6.84. The van der Waals surface area contributed by atoms with Gasteiger partial charge in [0, 0.05) is 18.8 Å². The summed E-state index contributed by atoms with van der Waals surface area (Å²) < 4.78 is 5.40. The van der Waals surface area contributed by atoms with Crippen LogP contribution in [0.4, 0.5) is 0 Å². The standard InChI is InChI=1S/C13H26N2O/c1-13(5-11-16-12-6-13)14-7-4-10-15-8-2-3-9-15/h14H,2-12H2,1H3. The van der Waals surface area contributed by atoms with E-state index in [1.165, 1.54) is 38.9 Å². The summed E-state index contributed by atoms with van der Waals surface area (Å²) >= 11 is 0. The first kappa shape index (κ1) is 12.3. The quantitative estimate of drug-likeness (QED) is 0.721. The lowest BCUT2D eigenvalue weighted by atomic mass is 9.92. The molecular formula is C13H26N2O. The molecule has 2 saturated heterocycles. The van der Waals surface area contributed by atoms with E-state index in [0.717, 1.165) is 32.6 Å². The molecule has 16 heavy (non-hydrogen) atoms. The lowest BCUT2D eigenvalue weighted by Crippen LogP contribution is -2.47. The van der Waals surface area contributed by atoms with E-state index >= 15 is 0 Å². The second-order valence-corrected chi connectivity index (χ2v) is 5.50. The first-order chi connectivity index (χ1) is 7.79. The molecule has 0 saturated carbocycles. The molecule has 0 spiro atoms. The van der Waals surface area contributed by atoms with Crippen LogP contribution < -0.4 is 5.32 Å². The molecule has 0 radical (unpaired) electrons. The zero-order valence-electron chi connectivity index (χ0n) is 10.6. The highest BCUT2D eigenvalue weighted by Gasteiger charge is 2.26. The van der Waals surface area contributed by atoms with Crippen LogP contribution in [0.3, 0.4) is 0 Å². The fraction of sp³-hybridized carbons (Fsp3) is 1.00. The van der Waals surface area contributed by atoms with E-state index in [4.69, 9.17) is 4.74 Å². The van der Waals surface area contributed by atoms with Gasteiger partial charge in [-0.05, 0) is 65.2 Å². The van der Waals surface area contributed by atoms with E-state index in [1.807, 2.05) is 0 Å². The van der Waals surface area contributed by atoms with Crippen LogP contribution >= 0.6 is 0 Å². The second-order valence-electron chi connectivity index (χ2n) is 5.50. The predicted octanol–water partition coefficient (Wildman–Crippen LogP) is 1.63. The van der Waals surface area contributed by atoms with E-state index in [2.05, 4.69) is 17.1 Å². The summed E-state index contributed by atoms with van der Waals surface area (Å²) in [7, 11) is 0. The van der Waals surface area contributed by atoms with E-state index in [0.29, 0.717) is 5.54 Å². The Bertz CT molecular complexity index is 196. The van der Waals surface area contributed by atoms with Gasteiger partial charge in [-0.25, -0.2) is 0 Å². The number of nitrogens with one attached hydrogen (secondary N) is 1. The second kappa shape index (κ2) is 5.99. The number of hydrogen-bond donors (Lipinski definition) is 1. The van der Waals surface area contributed by atoms with Crippen molar-refractivity contribution in [2.75, 3.05) is 39.4 Å². The SMILES string of the molecule is CC1(NCCCN2CCCC2)CCOCC1. The van der Waals surface area contributed by atoms with Crippen LogP contribution in [-0.4, -0.2) is 49.8 Å². The van der Waals surface area contributed by atoms with E-state index in [1.54, 1.807) is 0 Å². The number of rotatable bonds is 5. The summed E-state index contributed by atoms with van der Waals surface area (Å²) in [4.78, 5) is 2.59. The number of likely N-dealkylation sites (tertiary alicyclic amines) is 1. The van der Waals surface area contributed by atoms with Crippen molar-refractivity contribution in [2.45, 2.75) is 44.6 Å². The number of nitrogens with zero attached hydrogens (tertiary/aromatic N) is 1. The lowest BCUT2D eigenvalue weighted by Gasteiger charge is -2.34.